The Bertz CT molecular complexity index is 327. The van der Waals surface area contributed by atoms with Crippen LogP contribution in [0.2, 0.25) is 10.0 Å². The number of hydrogen-bond donors (Lipinski definition) is 2. The third-order valence-corrected chi connectivity index (χ3v) is 2.52. The van der Waals surface area contributed by atoms with Crippen LogP contribution >= 0.6 is 34.8 Å². The molecule has 1 aromatic rings. The standard InChI is InChI=1S/C10H14Cl2N2.CH3Cl/c1-6(2)5-14-10-4-8(12)7(11)3-9(10)13;1-2/h3-4,6,14H,5,13H2,1-2H3;1H3. The van der Waals surface area contributed by atoms with Crippen LogP contribution in [0.25, 0.3) is 0 Å². The van der Waals surface area contributed by atoms with E-state index >= 15 is 0 Å². The average Bonchev–Trinajstić information content (AvgIpc) is 2.24. The molecule has 0 radical (unpaired) electrons. The van der Waals surface area contributed by atoms with Gasteiger partial charge in [0.1, 0.15) is 0 Å². The largest absolute Gasteiger partial charge is 0.397 e. The molecule has 1 rings (SSSR count). The molecule has 5 heteroatoms. The summed E-state index contributed by atoms with van der Waals surface area (Å²) in [5.41, 5.74) is 7.24. The highest BCUT2D eigenvalue weighted by Gasteiger charge is 2.04. The minimum absolute atomic E-state index is 0.485. The highest BCUT2D eigenvalue weighted by atomic mass is 35.5. The van der Waals surface area contributed by atoms with Crippen molar-refractivity contribution < 1.29 is 0 Å². The molecule has 0 aromatic heterocycles. The van der Waals surface area contributed by atoms with Gasteiger partial charge in [0.25, 0.3) is 0 Å². The maximum Gasteiger partial charge on any atom is 0.0614 e. The molecular weight excluding hydrogens is 266 g/mol. The highest BCUT2D eigenvalue weighted by molar-refractivity contribution is 6.42. The van der Waals surface area contributed by atoms with E-state index in [2.05, 4.69) is 30.8 Å². The van der Waals surface area contributed by atoms with Crippen molar-refractivity contribution in [3.63, 3.8) is 0 Å². The Morgan fingerprint density at radius 2 is 1.69 bits per heavy atom. The Morgan fingerprint density at radius 3 is 2.19 bits per heavy atom. The summed E-state index contributed by atoms with van der Waals surface area (Å²) in [5, 5.41) is 4.22. The van der Waals surface area contributed by atoms with E-state index in [1.54, 1.807) is 12.1 Å². The van der Waals surface area contributed by atoms with Crippen LogP contribution in [0.4, 0.5) is 11.4 Å². The first-order chi connectivity index (χ1) is 7.50. The van der Waals surface area contributed by atoms with Gasteiger partial charge in [0.2, 0.25) is 0 Å². The quantitative estimate of drug-likeness (QED) is 0.633. The van der Waals surface area contributed by atoms with Crippen molar-refractivity contribution in [1.29, 1.82) is 0 Å². The van der Waals surface area contributed by atoms with E-state index < -0.39 is 0 Å². The number of rotatable bonds is 3. The van der Waals surface area contributed by atoms with E-state index in [0.717, 1.165) is 12.2 Å². The van der Waals surface area contributed by atoms with Crippen molar-refractivity contribution in [3.05, 3.63) is 22.2 Å². The van der Waals surface area contributed by atoms with Crippen LogP contribution in [0.3, 0.4) is 0 Å². The zero-order chi connectivity index (χ0) is 12.7. The molecule has 0 saturated carbocycles. The molecule has 92 valence electrons. The third kappa shape index (κ3) is 5.15. The molecule has 0 amide bonds. The lowest BCUT2D eigenvalue weighted by Gasteiger charge is -2.12. The maximum atomic E-state index is 5.87. The van der Waals surface area contributed by atoms with Crippen molar-refractivity contribution in [1.82, 2.24) is 0 Å². The molecule has 16 heavy (non-hydrogen) atoms. The summed E-state index contributed by atoms with van der Waals surface area (Å²) in [6, 6.07) is 3.41. The van der Waals surface area contributed by atoms with Crippen molar-refractivity contribution in [2.75, 3.05) is 24.0 Å². The minimum atomic E-state index is 0.485. The second-order valence-corrected chi connectivity index (χ2v) is 4.44. The number of nitrogens with one attached hydrogen (secondary N) is 1. The predicted molar refractivity (Wildman–Crippen MR) is 76.0 cm³/mol. The first kappa shape index (κ1) is 15.7. The van der Waals surface area contributed by atoms with Crippen LogP contribution in [0.1, 0.15) is 13.8 Å². The van der Waals surface area contributed by atoms with E-state index in [4.69, 9.17) is 28.9 Å². The Kier molecular flexibility index (Phi) is 7.73. The molecule has 1 aromatic carbocycles. The fourth-order valence-electron chi connectivity index (χ4n) is 1.03. The van der Waals surface area contributed by atoms with Gasteiger partial charge in [-0.15, -0.1) is 11.6 Å². The summed E-state index contributed by atoms with van der Waals surface area (Å²) >= 11 is 16.3. The minimum Gasteiger partial charge on any atom is -0.397 e. The third-order valence-electron chi connectivity index (χ3n) is 1.79. The van der Waals surface area contributed by atoms with Gasteiger partial charge in [-0.25, -0.2) is 0 Å². The van der Waals surface area contributed by atoms with Crippen molar-refractivity contribution >= 4 is 46.2 Å². The molecule has 0 atom stereocenters. The first-order valence-electron chi connectivity index (χ1n) is 4.87. The summed E-state index contributed by atoms with van der Waals surface area (Å²) in [4.78, 5) is 0. The topological polar surface area (TPSA) is 38.0 Å². The monoisotopic (exact) mass is 282 g/mol. The fraction of sp³-hybridized carbons (Fsp3) is 0.455. The van der Waals surface area contributed by atoms with Crippen LogP contribution in [0.15, 0.2) is 12.1 Å². The van der Waals surface area contributed by atoms with Gasteiger partial charge >= 0.3 is 0 Å². The van der Waals surface area contributed by atoms with Gasteiger partial charge in [-0.1, -0.05) is 37.0 Å². The number of alkyl halides is 1. The fourth-order valence-corrected chi connectivity index (χ4v) is 1.37. The predicted octanol–water partition coefficient (Wildman–Crippen LogP) is 4.50. The molecule has 0 fully saturated rings. The summed E-state index contributed by atoms with van der Waals surface area (Å²) < 4.78 is 0. The summed E-state index contributed by atoms with van der Waals surface area (Å²) in [5.74, 6) is 0.559. The highest BCUT2D eigenvalue weighted by Crippen LogP contribution is 2.30. The number of hydrogen-bond acceptors (Lipinski definition) is 2. The van der Waals surface area contributed by atoms with E-state index in [1.165, 1.54) is 6.38 Å². The van der Waals surface area contributed by atoms with Crippen LogP contribution < -0.4 is 11.1 Å². The molecule has 0 unspecified atom stereocenters. The maximum absolute atomic E-state index is 5.87. The molecule has 0 aliphatic heterocycles. The lowest BCUT2D eigenvalue weighted by Crippen LogP contribution is -2.09. The Morgan fingerprint density at radius 1 is 1.19 bits per heavy atom. The van der Waals surface area contributed by atoms with Crippen molar-refractivity contribution in [2.24, 2.45) is 5.92 Å². The zero-order valence-electron chi connectivity index (χ0n) is 9.65. The smallest absolute Gasteiger partial charge is 0.0614 e. The lowest BCUT2D eigenvalue weighted by molar-refractivity contribution is 0.689. The number of halogens is 3. The number of nitrogen functional groups attached to an aromatic ring is 1. The first-order valence-corrected chi connectivity index (χ1v) is 6.38. The van der Waals surface area contributed by atoms with Crippen LogP contribution in [0.5, 0.6) is 0 Å². The number of anilines is 2. The van der Waals surface area contributed by atoms with Crippen molar-refractivity contribution in [2.45, 2.75) is 13.8 Å². The van der Waals surface area contributed by atoms with E-state index in [1.807, 2.05) is 0 Å². The molecule has 2 nitrogen and oxygen atoms in total. The Balaban J connectivity index is 0.00000106. The van der Waals surface area contributed by atoms with E-state index in [9.17, 15) is 0 Å². The van der Waals surface area contributed by atoms with Crippen LogP contribution in [-0.4, -0.2) is 12.9 Å². The van der Waals surface area contributed by atoms with Gasteiger partial charge in [-0.3, -0.25) is 0 Å². The SMILES string of the molecule is CC(C)CNc1cc(Cl)c(Cl)cc1N.CCl. The average molecular weight is 284 g/mol. The zero-order valence-corrected chi connectivity index (χ0v) is 11.9. The van der Waals surface area contributed by atoms with Crippen LogP contribution in [0, 0.1) is 5.92 Å². The molecule has 3 N–H and O–H groups in total. The molecule has 0 aliphatic carbocycles. The van der Waals surface area contributed by atoms with Gasteiger partial charge in [0, 0.05) is 12.9 Å². The molecular formula is C11H17Cl3N2. The molecule has 0 heterocycles. The number of nitrogens with two attached hydrogens (primary N) is 1. The molecule has 0 saturated heterocycles. The summed E-state index contributed by atoms with van der Waals surface area (Å²) in [6.07, 6.45) is 1.47. The molecule has 0 spiro atoms. The summed E-state index contributed by atoms with van der Waals surface area (Å²) in [7, 11) is 0. The second kappa shape index (κ2) is 7.88. The van der Waals surface area contributed by atoms with Gasteiger partial charge in [-0.2, -0.15) is 0 Å². The van der Waals surface area contributed by atoms with Crippen molar-refractivity contribution in [3.8, 4) is 0 Å². The van der Waals surface area contributed by atoms with E-state index in [-0.39, 0.29) is 0 Å². The second-order valence-electron chi connectivity index (χ2n) is 3.63. The van der Waals surface area contributed by atoms with E-state index in [0.29, 0.717) is 21.7 Å². The van der Waals surface area contributed by atoms with Gasteiger partial charge in [-0.05, 0) is 18.1 Å². The molecule has 0 bridgehead atoms. The number of benzene rings is 1. The van der Waals surface area contributed by atoms with Gasteiger partial charge in [0.15, 0.2) is 0 Å². The van der Waals surface area contributed by atoms with Crippen LogP contribution in [-0.2, 0) is 0 Å². The molecule has 0 aliphatic rings. The Labute approximate surface area is 112 Å². The Hall–Kier alpha value is -0.310. The normalized spacial score (nSPS) is 9.69. The lowest BCUT2D eigenvalue weighted by atomic mass is 10.2. The summed E-state index contributed by atoms with van der Waals surface area (Å²) in [6.45, 7) is 5.11. The van der Waals surface area contributed by atoms with Gasteiger partial charge in [0.05, 0.1) is 21.4 Å². The van der Waals surface area contributed by atoms with Gasteiger partial charge < -0.3 is 11.1 Å².